The fourth-order valence-corrected chi connectivity index (χ4v) is 3.29. The number of aliphatic imine (C=N–C) groups is 1. The summed E-state index contributed by atoms with van der Waals surface area (Å²) in [6.45, 7) is 14.9. The number of hydrogen-bond donors (Lipinski definition) is 2. The summed E-state index contributed by atoms with van der Waals surface area (Å²) >= 11 is 1.88. The van der Waals surface area contributed by atoms with Crippen molar-refractivity contribution in [3.05, 3.63) is 0 Å². The van der Waals surface area contributed by atoms with E-state index in [1.807, 2.05) is 18.8 Å². The maximum atomic E-state index is 4.31. The van der Waals surface area contributed by atoms with Gasteiger partial charge in [0.25, 0.3) is 0 Å². The van der Waals surface area contributed by atoms with Gasteiger partial charge in [0.1, 0.15) is 0 Å². The second kappa shape index (κ2) is 11.8. The Bertz CT molecular complexity index is 339. The number of nitrogens with zero attached hydrogens (tertiary/aromatic N) is 2. The fraction of sp³-hybridized carbons (Fsp3) is 0.941. The highest BCUT2D eigenvalue weighted by molar-refractivity contribution is 14.0. The van der Waals surface area contributed by atoms with Crippen LogP contribution in [0, 0.1) is 11.8 Å². The first-order valence-corrected chi connectivity index (χ1v) is 9.80. The molecule has 6 heteroatoms. The Morgan fingerprint density at radius 2 is 1.83 bits per heavy atom. The van der Waals surface area contributed by atoms with Gasteiger partial charge in [0.2, 0.25) is 0 Å². The Labute approximate surface area is 165 Å². The number of hydrogen-bond acceptors (Lipinski definition) is 3. The van der Waals surface area contributed by atoms with E-state index in [1.165, 1.54) is 32.5 Å². The molecule has 0 aliphatic carbocycles. The molecule has 1 aliphatic heterocycles. The standard InChI is InChI=1S/C17H36N4S.HI/c1-14-10-15(2)12-21(11-14)9-7-8-19-16(18-5)20-13-17(3,4)22-6;/h14-15H,7-13H2,1-6H3,(H2,18,19,20);1H. The summed E-state index contributed by atoms with van der Waals surface area (Å²) in [5.41, 5.74) is 0. The summed E-state index contributed by atoms with van der Waals surface area (Å²) in [6, 6.07) is 0. The van der Waals surface area contributed by atoms with E-state index in [4.69, 9.17) is 0 Å². The SMILES string of the molecule is CN=C(NCCCN1CC(C)CC(C)C1)NCC(C)(C)SC.I. The maximum absolute atomic E-state index is 4.31. The molecule has 1 rings (SSSR count). The average molecular weight is 456 g/mol. The number of piperidine rings is 1. The van der Waals surface area contributed by atoms with Crippen LogP contribution in [0.4, 0.5) is 0 Å². The van der Waals surface area contributed by atoms with E-state index in [9.17, 15) is 0 Å². The quantitative estimate of drug-likeness (QED) is 0.267. The number of likely N-dealkylation sites (tertiary alicyclic amines) is 1. The molecule has 1 fully saturated rings. The molecule has 2 unspecified atom stereocenters. The van der Waals surface area contributed by atoms with Crippen molar-refractivity contribution in [3.8, 4) is 0 Å². The van der Waals surface area contributed by atoms with Crippen molar-refractivity contribution in [2.75, 3.05) is 46.0 Å². The van der Waals surface area contributed by atoms with Crippen molar-refractivity contribution in [3.63, 3.8) is 0 Å². The van der Waals surface area contributed by atoms with Crippen LogP contribution in [0.1, 0.15) is 40.5 Å². The summed E-state index contributed by atoms with van der Waals surface area (Å²) < 4.78 is 0.234. The predicted molar refractivity (Wildman–Crippen MR) is 116 cm³/mol. The van der Waals surface area contributed by atoms with Gasteiger partial charge in [-0.15, -0.1) is 24.0 Å². The molecule has 138 valence electrons. The zero-order valence-corrected chi connectivity index (χ0v) is 19.0. The Hall–Kier alpha value is 0.310. The third-order valence-corrected chi connectivity index (χ3v) is 5.60. The number of thioether (sulfide) groups is 1. The van der Waals surface area contributed by atoms with Crippen molar-refractivity contribution in [2.24, 2.45) is 16.8 Å². The van der Waals surface area contributed by atoms with Gasteiger partial charge in [-0.2, -0.15) is 11.8 Å². The van der Waals surface area contributed by atoms with Crippen LogP contribution < -0.4 is 10.6 Å². The lowest BCUT2D eigenvalue weighted by Crippen LogP contribution is -2.44. The van der Waals surface area contributed by atoms with Crippen LogP contribution in [0.2, 0.25) is 0 Å². The predicted octanol–water partition coefficient (Wildman–Crippen LogP) is 3.28. The van der Waals surface area contributed by atoms with Gasteiger partial charge < -0.3 is 15.5 Å². The largest absolute Gasteiger partial charge is 0.356 e. The first-order valence-electron chi connectivity index (χ1n) is 8.58. The van der Waals surface area contributed by atoms with Gasteiger partial charge in [0, 0.05) is 38.0 Å². The molecule has 1 heterocycles. The molecule has 0 bridgehead atoms. The average Bonchev–Trinajstić information content (AvgIpc) is 2.45. The zero-order valence-electron chi connectivity index (χ0n) is 15.8. The number of halogens is 1. The van der Waals surface area contributed by atoms with E-state index in [2.05, 4.69) is 54.5 Å². The Balaban J connectivity index is 0.00000484. The van der Waals surface area contributed by atoms with Crippen molar-refractivity contribution < 1.29 is 0 Å². The van der Waals surface area contributed by atoms with E-state index in [0.29, 0.717) is 0 Å². The highest BCUT2D eigenvalue weighted by Crippen LogP contribution is 2.21. The van der Waals surface area contributed by atoms with Crippen molar-refractivity contribution >= 4 is 41.7 Å². The molecule has 1 saturated heterocycles. The van der Waals surface area contributed by atoms with E-state index < -0.39 is 0 Å². The molecule has 0 radical (unpaired) electrons. The minimum absolute atomic E-state index is 0. The second-order valence-corrected chi connectivity index (χ2v) is 8.89. The van der Waals surface area contributed by atoms with Crippen LogP contribution in [0.25, 0.3) is 0 Å². The first kappa shape index (κ1) is 23.3. The third-order valence-electron chi connectivity index (χ3n) is 4.35. The van der Waals surface area contributed by atoms with Crippen LogP contribution >= 0.6 is 35.7 Å². The molecule has 0 spiro atoms. The normalized spacial score (nSPS) is 23.3. The minimum Gasteiger partial charge on any atom is -0.356 e. The summed E-state index contributed by atoms with van der Waals surface area (Å²) in [5.74, 6) is 2.61. The smallest absolute Gasteiger partial charge is 0.191 e. The van der Waals surface area contributed by atoms with E-state index in [-0.39, 0.29) is 28.7 Å². The maximum Gasteiger partial charge on any atom is 0.191 e. The molecule has 0 amide bonds. The Kier molecular flexibility index (Phi) is 12.0. The summed E-state index contributed by atoms with van der Waals surface area (Å²) in [7, 11) is 1.84. The lowest BCUT2D eigenvalue weighted by Gasteiger charge is -2.35. The molecule has 0 aromatic heterocycles. The van der Waals surface area contributed by atoms with Crippen molar-refractivity contribution in [1.29, 1.82) is 0 Å². The van der Waals surface area contributed by atoms with Crippen LogP contribution in [-0.4, -0.2) is 61.6 Å². The second-order valence-electron chi connectivity index (χ2n) is 7.38. The van der Waals surface area contributed by atoms with E-state index in [0.717, 1.165) is 30.9 Å². The van der Waals surface area contributed by atoms with Gasteiger partial charge in [-0.3, -0.25) is 4.99 Å². The molecule has 2 atom stereocenters. The van der Waals surface area contributed by atoms with Gasteiger partial charge in [0.05, 0.1) is 0 Å². The third kappa shape index (κ3) is 10.0. The van der Waals surface area contributed by atoms with Crippen LogP contribution in [0.15, 0.2) is 4.99 Å². The lowest BCUT2D eigenvalue weighted by molar-refractivity contribution is 0.140. The van der Waals surface area contributed by atoms with Gasteiger partial charge >= 0.3 is 0 Å². The molecule has 0 aromatic rings. The summed E-state index contributed by atoms with van der Waals surface area (Å²) in [5, 5.41) is 6.85. The van der Waals surface area contributed by atoms with Gasteiger partial charge in [0.15, 0.2) is 5.96 Å². The molecule has 1 aliphatic rings. The monoisotopic (exact) mass is 456 g/mol. The van der Waals surface area contributed by atoms with Gasteiger partial charge in [-0.1, -0.05) is 13.8 Å². The van der Waals surface area contributed by atoms with Crippen LogP contribution in [0.3, 0.4) is 0 Å². The Morgan fingerprint density at radius 3 is 2.35 bits per heavy atom. The summed E-state index contributed by atoms with van der Waals surface area (Å²) in [6.07, 6.45) is 4.71. The highest BCUT2D eigenvalue weighted by Gasteiger charge is 2.21. The topological polar surface area (TPSA) is 39.7 Å². The molecule has 23 heavy (non-hydrogen) atoms. The lowest BCUT2D eigenvalue weighted by atomic mass is 9.92. The fourth-order valence-electron chi connectivity index (χ4n) is 3.07. The zero-order chi connectivity index (χ0) is 16.6. The molecule has 2 N–H and O–H groups in total. The van der Waals surface area contributed by atoms with Crippen molar-refractivity contribution in [1.82, 2.24) is 15.5 Å². The number of rotatable bonds is 7. The van der Waals surface area contributed by atoms with E-state index in [1.54, 1.807) is 0 Å². The number of guanidine groups is 1. The molecule has 0 saturated carbocycles. The number of nitrogens with one attached hydrogen (secondary N) is 2. The highest BCUT2D eigenvalue weighted by atomic mass is 127. The Morgan fingerprint density at radius 1 is 1.22 bits per heavy atom. The molecule has 4 nitrogen and oxygen atoms in total. The molecular formula is C17H37IN4S. The van der Waals surface area contributed by atoms with Gasteiger partial charge in [-0.05, 0) is 51.3 Å². The van der Waals surface area contributed by atoms with Crippen LogP contribution in [-0.2, 0) is 0 Å². The first-order chi connectivity index (χ1) is 10.4. The van der Waals surface area contributed by atoms with Gasteiger partial charge in [-0.25, -0.2) is 0 Å². The molecular weight excluding hydrogens is 419 g/mol. The summed E-state index contributed by atoms with van der Waals surface area (Å²) in [4.78, 5) is 6.92. The van der Waals surface area contributed by atoms with Crippen LogP contribution in [0.5, 0.6) is 0 Å². The van der Waals surface area contributed by atoms with E-state index >= 15 is 0 Å². The molecule has 0 aromatic carbocycles. The van der Waals surface area contributed by atoms with Crippen molar-refractivity contribution in [2.45, 2.75) is 45.3 Å². The minimum atomic E-state index is 0.